The molecule has 1 aromatic rings. The van der Waals surface area contributed by atoms with Crippen LogP contribution in [-0.4, -0.2) is 34.1 Å². The molecule has 0 bridgehead atoms. The van der Waals surface area contributed by atoms with Gasteiger partial charge in [-0.2, -0.15) is 0 Å². The summed E-state index contributed by atoms with van der Waals surface area (Å²) in [5.74, 6) is -0.274. The molecule has 0 aliphatic heterocycles. The number of hydrogen-bond acceptors (Lipinski definition) is 5. The number of carbonyl (C=O) groups excluding carboxylic acids is 1. The molecule has 0 aromatic heterocycles. The second-order valence-corrected chi connectivity index (χ2v) is 7.61. The molecule has 0 heterocycles. The van der Waals surface area contributed by atoms with Gasteiger partial charge in [0.2, 0.25) is 10.0 Å². The Morgan fingerprint density at radius 3 is 2.61 bits per heavy atom. The minimum absolute atomic E-state index is 0.0943. The number of sulfonamides is 1. The van der Waals surface area contributed by atoms with E-state index in [2.05, 4.69) is 4.72 Å². The van der Waals surface area contributed by atoms with Crippen LogP contribution in [0.4, 0.5) is 0 Å². The largest absolute Gasteiger partial charge is 0.465 e. The first-order chi connectivity index (χ1) is 10.9. The van der Waals surface area contributed by atoms with E-state index >= 15 is 0 Å². The summed E-state index contributed by atoms with van der Waals surface area (Å²) in [7, 11) is -2.47. The molecule has 6 nitrogen and oxygen atoms in total. The van der Waals surface area contributed by atoms with Crippen LogP contribution in [0.3, 0.4) is 0 Å². The fourth-order valence-corrected chi connectivity index (χ4v) is 4.78. The van der Waals surface area contributed by atoms with E-state index < -0.39 is 16.0 Å². The molecule has 1 atom stereocenters. The fraction of sp³-hybridized carbons (Fsp3) is 0.562. The zero-order valence-electron chi connectivity index (χ0n) is 13.5. The molecule has 2 rings (SSSR count). The van der Waals surface area contributed by atoms with E-state index in [1.807, 2.05) is 0 Å². The van der Waals surface area contributed by atoms with Gasteiger partial charge in [-0.1, -0.05) is 18.9 Å². The van der Waals surface area contributed by atoms with Crippen molar-refractivity contribution < 1.29 is 17.9 Å². The average Bonchev–Trinajstić information content (AvgIpc) is 3.06. The number of ether oxygens (including phenoxy) is 1. The summed E-state index contributed by atoms with van der Waals surface area (Å²) in [5.41, 5.74) is 6.41. The van der Waals surface area contributed by atoms with Crippen molar-refractivity contribution in [1.82, 2.24) is 4.72 Å². The van der Waals surface area contributed by atoms with Crippen LogP contribution in [-0.2, 0) is 14.8 Å². The van der Waals surface area contributed by atoms with Crippen LogP contribution in [0, 0.1) is 12.8 Å². The lowest BCUT2D eigenvalue weighted by Gasteiger charge is -2.23. The van der Waals surface area contributed by atoms with Gasteiger partial charge in [0.25, 0.3) is 0 Å². The zero-order valence-corrected chi connectivity index (χ0v) is 14.4. The summed E-state index contributed by atoms with van der Waals surface area (Å²) in [5, 5.41) is 0. The highest BCUT2D eigenvalue weighted by Crippen LogP contribution is 2.28. The molecule has 0 spiro atoms. The maximum Gasteiger partial charge on any atom is 0.338 e. The molecule has 1 aliphatic carbocycles. The topological polar surface area (TPSA) is 98.5 Å². The molecule has 1 aromatic carbocycles. The number of benzene rings is 1. The Morgan fingerprint density at radius 2 is 2.04 bits per heavy atom. The highest BCUT2D eigenvalue weighted by molar-refractivity contribution is 7.89. The Morgan fingerprint density at radius 1 is 1.39 bits per heavy atom. The van der Waals surface area contributed by atoms with Crippen LogP contribution in [0.2, 0.25) is 0 Å². The van der Waals surface area contributed by atoms with Crippen LogP contribution < -0.4 is 10.5 Å². The Labute approximate surface area is 137 Å². The quantitative estimate of drug-likeness (QED) is 0.766. The molecule has 7 heteroatoms. The van der Waals surface area contributed by atoms with E-state index in [4.69, 9.17) is 10.5 Å². The SMILES string of the molecule is COC(=O)c1cccc(S(=O)(=O)NC(CN)C2CCCC2)c1C. The number of nitrogens with two attached hydrogens (primary N) is 1. The summed E-state index contributed by atoms with van der Waals surface area (Å²) in [4.78, 5) is 11.8. The molecule has 1 aliphatic rings. The van der Waals surface area contributed by atoms with Crippen LogP contribution >= 0.6 is 0 Å². The van der Waals surface area contributed by atoms with Crippen molar-refractivity contribution >= 4 is 16.0 Å². The van der Waals surface area contributed by atoms with Crippen LogP contribution in [0.5, 0.6) is 0 Å². The van der Waals surface area contributed by atoms with E-state index in [0.717, 1.165) is 25.7 Å². The van der Waals surface area contributed by atoms with Crippen LogP contribution in [0.25, 0.3) is 0 Å². The van der Waals surface area contributed by atoms with E-state index in [-0.39, 0.29) is 29.0 Å². The molecule has 1 fully saturated rings. The summed E-state index contributed by atoms with van der Waals surface area (Å²) >= 11 is 0. The smallest absolute Gasteiger partial charge is 0.338 e. The zero-order chi connectivity index (χ0) is 17.0. The minimum Gasteiger partial charge on any atom is -0.465 e. The molecule has 128 valence electrons. The molecular weight excluding hydrogens is 316 g/mol. The molecule has 23 heavy (non-hydrogen) atoms. The van der Waals surface area contributed by atoms with Crippen molar-refractivity contribution in [1.29, 1.82) is 0 Å². The van der Waals surface area contributed by atoms with Gasteiger partial charge in [0.1, 0.15) is 0 Å². The lowest BCUT2D eigenvalue weighted by atomic mass is 9.99. The number of nitrogens with one attached hydrogen (secondary N) is 1. The monoisotopic (exact) mass is 340 g/mol. The van der Waals surface area contributed by atoms with Crippen LogP contribution in [0.15, 0.2) is 23.1 Å². The third kappa shape index (κ3) is 3.91. The van der Waals surface area contributed by atoms with Gasteiger partial charge in [-0.05, 0) is 43.4 Å². The van der Waals surface area contributed by atoms with Gasteiger partial charge in [0.15, 0.2) is 0 Å². The Kier molecular flexibility index (Phi) is 5.78. The summed E-state index contributed by atoms with van der Waals surface area (Å²) < 4.78 is 32.9. The molecule has 1 unspecified atom stereocenters. The number of esters is 1. The lowest BCUT2D eigenvalue weighted by Crippen LogP contribution is -2.44. The van der Waals surface area contributed by atoms with Gasteiger partial charge >= 0.3 is 5.97 Å². The predicted octanol–water partition coefficient (Wildman–Crippen LogP) is 1.58. The maximum absolute atomic E-state index is 12.7. The average molecular weight is 340 g/mol. The third-order valence-electron chi connectivity index (χ3n) is 4.51. The minimum atomic E-state index is -3.74. The van der Waals surface area contributed by atoms with E-state index in [0.29, 0.717) is 5.56 Å². The second kappa shape index (κ2) is 7.42. The first-order valence-corrected chi connectivity index (χ1v) is 9.29. The summed E-state index contributed by atoms with van der Waals surface area (Å²) in [6.07, 6.45) is 4.20. The standard InChI is InChI=1S/C16H24N2O4S/c1-11-13(16(19)22-2)8-5-9-15(11)23(20,21)18-14(10-17)12-6-3-4-7-12/h5,8-9,12,14,18H,3-4,6-7,10,17H2,1-2H3. The number of methoxy groups -OCH3 is 1. The van der Waals surface area contributed by atoms with Crippen molar-refractivity contribution in [3.63, 3.8) is 0 Å². The number of carbonyl (C=O) groups is 1. The van der Waals surface area contributed by atoms with Crippen molar-refractivity contribution in [2.45, 2.75) is 43.5 Å². The fourth-order valence-electron chi connectivity index (χ4n) is 3.20. The van der Waals surface area contributed by atoms with Gasteiger partial charge in [-0.15, -0.1) is 0 Å². The first-order valence-electron chi connectivity index (χ1n) is 7.81. The molecule has 0 amide bonds. The van der Waals surface area contributed by atoms with Gasteiger partial charge in [-0.25, -0.2) is 17.9 Å². The molecule has 3 N–H and O–H groups in total. The van der Waals surface area contributed by atoms with Crippen LogP contribution in [0.1, 0.15) is 41.6 Å². The first kappa shape index (κ1) is 17.9. The van der Waals surface area contributed by atoms with E-state index in [9.17, 15) is 13.2 Å². The maximum atomic E-state index is 12.7. The normalized spacial score (nSPS) is 17.2. The van der Waals surface area contributed by atoms with Gasteiger partial charge in [0.05, 0.1) is 17.6 Å². The predicted molar refractivity (Wildman–Crippen MR) is 87.6 cm³/mol. The lowest BCUT2D eigenvalue weighted by molar-refractivity contribution is 0.0599. The second-order valence-electron chi connectivity index (χ2n) is 5.93. The Hall–Kier alpha value is -1.44. The van der Waals surface area contributed by atoms with Crippen molar-refractivity contribution in [2.24, 2.45) is 11.7 Å². The molecular formula is C16H24N2O4S. The van der Waals surface area contributed by atoms with Gasteiger partial charge < -0.3 is 10.5 Å². The highest BCUT2D eigenvalue weighted by atomic mass is 32.2. The van der Waals surface area contributed by atoms with Gasteiger partial charge in [-0.3, -0.25) is 0 Å². The number of hydrogen-bond donors (Lipinski definition) is 2. The third-order valence-corrected chi connectivity index (χ3v) is 6.14. The highest BCUT2D eigenvalue weighted by Gasteiger charge is 2.29. The van der Waals surface area contributed by atoms with Crippen molar-refractivity contribution in [3.05, 3.63) is 29.3 Å². The molecule has 0 radical (unpaired) electrons. The van der Waals surface area contributed by atoms with Gasteiger partial charge in [0, 0.05) is 12.6 Å². The van der Waals surface area contributed by atoms with E-state index in [1.165, 1.54) is 13.2 Å². The van der Waals surface area contributed by atoms with Crippen molar-refractivity contribution in [2.75, 3.05) is 13.7 Å². The summed E-state index contributed by atoms with van der Waals surface area (Å²) in [6, 6.07) is 4.31. The molecule has 1 saturated carbocycles. The molecule has 0 saturated heterocycles. The Bertz CT molecular complexity index is 667. The number of rotatable bonds is 6. The Balaban J connectivity index is 2.30. The van der Waals surface area contributed by atoms with E-state index in [1.54, 1.807) is 19.1 Å². The summed E-state index contributed by atoms with van der Waals surface area (Å²) in [6.45, 7) is 1.87. The van der Waals surface area contributed by atoms with Crippen molar-refractivity contribution in [3.8, 4) is 0 Å².